The fourth-order valence-corrected chi connectivity index (χ4v) is 1.46. The molecule has 0 saturated heterocycles. The van der Waals surface area contributed by atoms with Crippen LogP contribution in [0.5, 0.6) is 11.5 Å². The Morgan fingerprint density at radius 2 is 1.81 bits per heavy atom. The molecule has 0 heterocycles. The van der Waals surface area contributed by atoms with Crippen molar-refractivity contribution in [2.45, 2.75) is 19.4 Å². The maximum atomic E-state index is 12.1. The SMILES string of the molecule is CCC(N)C(=O)c1c(OC)cccc1OC. The van der Waals surface area contributed by atoms with Crippen LogP contribution >= 0.6 is 0 Å². The van der Waals surface area contributed by atoms with Crippen LogP contribution in [0.25, 0.3) is 0 Å². The number of hydrogen-bond acceptors (Lipinski definition) is 4. The van der Waals surface area contributed by atoms with E-state index < -0.39 is 6.04 Å². The summed E-state index contributed by atoms with van der Waals surface area (Å²) in [5.41, 5.74) is 6.15. The average Bonchev–Trinajstić information content (AvgIpc) is 2.35. The number of Topliss-reactive ketones (excluding diaryl/α,β-unsaturated/α-hetero) is 1. The van der Waals surface area contributed by atoms with Gasteiger partial charge in [-0.1, -0.05) is 13.0 Å². The van der Waals surface area contributed by atoms with E-state index in [0.717, 1.165) is 0 Å². The summed E-state index contributed by atoms with van der Waals surface area (Å²) in [6.45, 7) is 1.87. The van der Waals surface area contributed by atoms with Crippen LogP contribution in [0.1, 0.15) is 23.7 Å². The lowest BCUT2D eigenvalue weighted by Gasteiger charge is -2.14. The smallest absolute Gasteiger partial charge is 0.186 e. The third-order valence-electron chi connectivity index (χ3n) is 2.45. The van der Waals surface area contributed by atoms with Crippen LogP contribution in [-0.2, 0) is 0 Å². The third kappa shape index (κ3) is 2.33. The zero-order valence-corrected chi connectivity index (χ0v) is 9.82. The highest BCUT2D eigenvalue weighted by molar-refractivity contribution is 6.04. The minimum atomic E-state index is -0.523. The molecule has 0 aliphatic carbocycles. The number of ketones is 1. The molecule has 1 rings (SSSR count). The molecular formula is C12H17NO3. The van der Waals surface area contributed by atoms with Gasteiger partial charge in [-0.15, -0.1) is 0 Å². The molecule has 1 unspecified atom stereocenters. The molecule has 0 spiro atoms. The van der Waals surface area contributed by atoms with Crippen molar-refractivity contribution in [1.82, 2.24) is 0 Å². The van der Waals surface area contributed by atoms with Crippen LogP contribution in [0.4, 0.5) is 0 Å². The molecule has 2 N–H and O–H groups in total. The summed E-state index contributed by atoms with van der Waals surface area (Å²) < 4.78 is 10.3. The van der Waals surface area contributed by atoms with Gasteiger partial charge in [-0.2, -0.15) is 0 Å². The highest BCUT2D eigenvalue weighted by Crippen LogP contribution is 2.29. The van der Waals surface area contributed by atoms with Gasteiger partial charge in [0.05, 0.1) is 20.3 Å². The van der Waals surface area contributed by atoms with Crippen molar-refractivity contribution in [1.29, 1.82) is 0 Å². The van der Waals surface area contributed by atoms with Crippen LogP contribution in [-0.4, -0.2) is 26.0 Å². The predicted molar refractivity (Wildman–Crippen MR) is 62.1 cm³/mol. The Balaban J connectivity index is 3.23. The van der Waals surface area contributed by atoms with Gasteiger partial charge in [-0.05, 0) is 18.6 Å². The average molecular weight is 223 g/mol. The molecular weight excluding hydrogens is 206 g/mol. The molecule has 16 heavy (non-hydrogen) atoms. The van der Waals surface area contributed by atoms with E-state index in [1.807, 2.05) is 6.92 Å². The second kappa shape index (κ2) is 5.51. The molecule has 0 amide bonds. The maximum absolute atomic E-state index is 12.1. The number of methoxy groups -OCH3 is 2. The molecule has 0 fully saturated rings. The van der Waals surface area contributed by atoms with Crippen molar-refractivity contribution >= 4 is 5.78 Å². The number of rotatable bonds is 5. The summed E-state index contributed by atoms with van der Waals surface area (Å²) in [5.74, 6) is 0.832. The van der Waals surface area contributed by atoms with Gasteiger partial charge < -0.3 is 15.2 Å². The van der Waals surface area contributed by atoms with E-state index in [9.17, 15) is 4.79 Å². The van der Waals surface area contributed by atoms with Crippen LogP contribution in [0, 0.1) is 0 Å². The van der Waals surface area contributed by atoms with E-state index in [-0.39, 0.29) is 5.78 Å². The number of nitrogens with two attached hydrogens (primary N) is 1. The zero-order chi connectivity index (χ0) is 12.1. The van der Waals surface area contributed by atoms with E-state index in [4.69, 9.17) is 15.2 Å². The van der Waals surface area contributed by atoms with Gasteiger partial charge in [-0.3, -0.25) is 4.79 Å². The lowest BCUT2D eigenvalue weighted by Crippen LogP contribution is -2.30. The molecule has 0 bridgehead atoms. The molecule has 1 aromatic rings. The van der Waals surface area contributed by atoms with Gasteiger partial charge in [0.25, 0.3) is 0 Å². The van der Waals surface area contributed by atoms with Crippen molar-refractivity contribution in [2.75, 3.05) is 14.2 Å². The van der Waals surface area contributed by atoms with Crippen molar-refractivity contribution in [3.63, 3.8) is 0 Å². The van der Waals surface area contributed by atoms with E-state index in [2.05, 4.69) is 0 Å². The lowest BCUT2D eigenvalue weighted by atomic mass is 10.0. The van der Waals surface area contributed by atoms with Gasteiger partial charge >= 0.3 is 0 Å². The summed E-state index contributed by atoms with van der Waals surface area (Å²) in [7, 11) is 3.03. The van der Waals surface area contributed by atoms with Gasteiger partial charge in [0.2, 0.25) is 0 Å². The molecule has 0 aromatic heterocycles. The summed E-state index contributed by atoms with van der Waals surface area (Å²) in [5, 5.41) is 0. The number of hydrogen-bond donors (Lipinski definition) is 1. The monoisotopic (exact) mass is 223 g/mol. The topological polar surface area (TPSA) is 61.6 Å². The minimum absolute atomic E-state index is 0.156. The molecule has 1 atom stereocenters. The zero-order valence-electron chi connectivity index (χ0n) is 9.82. The Hall–Kier alpha value is -1.55. The second-order valence-corrected chi connectivity index (χ2v) is 3.42. The van der Waals surface area contributed by atoms with Crippen molar-refractivity contribution in [2.24, 2.45) is 5.73 Å². The van der Waals surface area contributed by atoms with E-state index in [0.29, 0.717) is 23.5 Å². The standard InChI is InChI=1S/C12H17NO3/c1-4-8(13)12(14)11-9(15-2)6-5-7-10(11)16-3/h5-8H,4,13H2,1-3H3. The fourth-order valence-electron chi connectivity index (χ4n) is 1.46. The molecule has 4 nitrogen and oxygen atoms in total. The number of benzene rings is 1. The Labute approximate surface area is 95.3 Å². The molecule has 1 aromatic carbocycles. The number of carbonyl (C=O) groups excluding carboxylic acids is 1. The van der Waals surface area contributed by atoms with Crippen LogP contribution in [0.2, 0.25) is 0 Å². The summed E-state index contributed by atoms with van der Waals surface area (Å²) >= 11 is 0. The van der Waals surface area contributed by atoms with Crippen molar-refractivity contribution in [3.8, 4) is 11.5 Å². The van der Waals surface area contributed by atoms with Gasteiger partial charge in [0.1, 0.15) is 17.1 Å². The minimum Gasteiger partial charge on any atom is -0.496 e. The summed E-state index contributed by atoms with van der Waals surface area (Å²) in [4.78, 5) is 12.1. The first-order valence-electron chi connectivity index (χ1n) is 5.16. The molecule has 0 radical (unpaired) electrons. The van der Waals surface area contributed by atoms with Crippen LogP contribution < -0.4 is 15.2 Å². The van der Waals surface area contributed by atoms with Crippen LogP contribution in [0.3, 0.4) is 0 Å². The van der Waals surface area contributed by atoms with Crippen molar-refractivity contribution < 1.29 is 14.3 Å². The Morgan fingerprint density at radius 3 is 2.19 bits per heavy atom. The molecule has 4 heteroatoms. The first-order chi connectivity index (χ1) is 7.65. The van der Waals surface area contributed by atoms with Gasteiger partial charge in [0, 0.05) is 0 Å². The summed E-state index contributed by atoms with van der Waals surface area (Å²) in [6.07, 6.45) is 0.583. The van der Waals surface area contributed by atoms with Gasteiger partial charge in [0.15, 0.2) is 5.78 Å². The van der Waals surface area contributed by atoms with E-state index >= 15 is 0 Å². The first-order valence-corrected chi connectivity index (χ1v) is 5.16. The van der Waals surface area contributed by atoms with E-state index in [1.165, 1.54) is 14.2 Å². The fraction of sp³-hybridized carbons (Fsp3) is 0.417. The third-order valence-corrected chi connectivity index (χ3v) is 2.45. The lowest BCUT2D eigenvalue weighted by molar-refractivity contribution is 0.0953. The van der Waals surface area contributed by atoms with E-state index in [1.54, 1.807) is 18.2 Å². The molecule has 0 saturated carbocycles. The second-order valence-electron chi connectivity index (χ2n) is 3.42. The van der Waals surface area contributed by atoms with Crippen molar-refractivity contribution in [3.05, 3.63) is 23.8 Å². The highest BCUT2D eigenvalue weighted by Gasteiger charge is 2.22. The molecule has 88 valence electrons. The number of carbonyl (C=O) groups is 1. The summed E-state index contributed by atoms with van der Waals surface area (Å²) in [6, 6.07) is 4.69. The maximum Gasteiger partial charge on any atom is 0.186 e. The quantitative estimate of drug-likeness (QED) is 0.770. The van der Waals surface area contributed by atoms with Gasteiger partial charge in [-0.25, -0.2) is 0 Å². The largest absolute Gasteiger partial charge is 0.496 e. The number of ether oxygens (including phenoxy) is 2. The highest BCUT2D eigenvalue weighted by atomic mass is 16.5. The van der Waals surface area contributed by atoms with Crippen LogP contribution in [0.15, 0.2) is 18.2 Å². The first kappa shape index (κ1) is 12.5. The molecule has 0 aliphatic rings. The Kier molecular flexibility index (Phi) is 4.31. The normalized spacial score (nSPS) is 12.0. The molecule has 0 aliphatic heterocycles. The Morgan fingerprint density at radius 1 is 1.31 bits per heavy atom. The Bertz CT molecular complexity index is 354. The predicted octanol–water partition coefficient (Wildman–Crippen LogP) is 1.62.